The molecule has 0 aliphatic rings. The number of benzene rings is 1. The highest BCUT2D eigenvalue weighted by Crippen LogP contribution is 2.12. The van der Waals surface area contributed by atoms with Crippen molar-refractivity contribution in [1.29, 1.82) is 0 Å². The van der Waals surface area contributed by atoms with E-state index in [4.69, 9.17) is 11.5 Å². The Kier molecular flexibility index (Phi) is 10.4. The molecule has 0 spiro atoms. The van der Waals surface area contributed by atoms with E-state index in [9.17, 15) is 4.79 Å². The third kappa shape index (κ3) is 8.53. The highest BCUT2D eigenvalue weighted by atomic mass is 16.2. The number of unbranched alkanes of at least 4 members (excludes halogenated alkanes) is 1. The second-order valence-electron chi connectivity index (χ2n) is 4.61. The lowest BCUT2D eigenvalue weighted by molar-refractivity contribution is 0.249. The van der Waals surface area contributed by atoms with Gasteiger partial charge in [0, 0.05) is 6.54 Å². The molecule has 2 amide bonds. The largest absolute Gasteiger partial charge is 0.352 e. The molecule has 1 rings (SSSR count). The van der Waals surface area contributed by atoms with Gasteiger partial charge in [-0.1, -0.05) is 37.6 Å². The van der Waals surface area contributed by atoms with Gasteiger partial charge in [0.25, 0.3) is 0 Å². The fourth-order valence-electron chi connectivity index (χ4n) is 2.04. The molecule has 0 heterocycles. The molecule has 0 aromatic heterocycles. The van der Waals surface area contributed by atoms with Crippen LogP contribution in [-0.2, 0) is 12.8 Å². The summed E-state index contributed by atoms with van der Waals surface area (Å²) in [4.78, 5) is 10.6. The number of primary amides is 1. The molecular weight excluding hydrogens is 250 g/mol. The van der Waals surface area contributed by atoms with Crippen LogP contribution >= 0.6 is 0 Å². The zero-order valence-electron chi connectivity index (χ0n) is 13.0. The van der Waals surface area contributed by atoms with Crippen LogP contribution in [0, 0.1) is 6.92 Å². The number of hydrogen-bond acceptors (Lipinski definition) is 2. The first-order valence-electron chi connectivity index (χ1n) is 7.44. The number of urea groups is 1. The van der Waals surface area contributed by atoms with Crippen LogP contribution in [0.3, 0.4) is 0 Å². The predicted molar refractivity (Wildman–Crippen MR) is 85.8 cm³/mol. The molecule has 0 bridgehead atoms. The zero-order chi connectivity index (χ0) is 15.4. The Labute approximate surface area is 122 Å². The molecule has 4 nitrogen and oxygen atoms in total. The second kappa shape index (κ2) is 11.3. The summed E-state index contributed by atoms with van der Waals surface area (Å²) in [7, 11) is 0. The van der Waals surface area contributed by atoms with E-state index in [1.165, 1.54) is 16.7 Å². The van der Waals surface area contributed by atoms with Crippen LogP contribution in [0.5, 0.6) is 0 Å². The van der Waals surface area contributed by atoms with E-state index in [0.29, 0.717) is 6.54 Å². The van der Waals surface area contributed by atoms with Gasteiger partial charge in [0.15, 0.2) is 0 Å². The van der Waals surface area contributed by atoms with Crippen LogP contribution in [0.4, 0.5) is 4.79 Å². The molecular formula is C16H29N3O. The van der Waals surface area contributed by atoms with Crippen molar-refractivity contribution >= 4 is 6.03 Å². The molecule has 20 heavy (non-hydrogen) atoms. The highest BCUT2D eigenvalue weighted by Gasteiger charge is 2.00. The van der Waals surface area contributed by atoms with E-state index >= 15 is 0 Å². The SMILES string of the molecule is CC.Cc1cc(CCCCN)cc(CCNC(N)=O)c1. The van der Waals surface area contributed by atoms with E-state index < -0.39 is 6.03 Å². The van der Waals surface area contributed by atoms with Crippen molar-refractivity contribution in [2.45, 2.75) is 46.5 Å². The van der Waals surface area contributed by atoms with Crippen molar-refractivity contribution in [2.75, 3.05) is 13.1 Å². The quantitative estimate of drug-likeness (QED) is 0.670. The van der Waals surface area contributed by atoms with E-state index in [0.717, 1.165) is 32.2 Å². The molecule has 4 heteroatoms. The smallest absolute Gasteiger partial charge is 0.312 e. The van der Waals surface area contributed by atoms with Gasteiger partial charge >= 0.3 is 6.03 Å². The van der Waals surface area contributed by atoms with Crippen LogP contribution in [0.1, 0.15) is 43.4 Å². The molecule has 0 fully saturated rings. The number of rotatable bonds is 7. The first-order chi connectivity index (χ1) is 9.61. The zero-order valence-corrected chi connectivity index (χ0v) is 13.0. The number of hydrogen-bond donors (Lipinski definition) is 3. The van der Waals surface area contributed by atoms with Crippen LogP contribution in [0.2, 0.25) is 0 Å². The van der Waals surface area contributed by atoms with Crippen LogP contribution in [0.25, 0.3) is 0 Å². The highest BCUT2D eigenvalue weighted by molar-refractivity contribution is 5.71. The Bertz CT molecular complexity index is 391. The van der Waals surface area contributed by atoms with Crippen molar-refractivity contribution in [3.8, 4) is 0 Å². The normalized spacial score (nSPS) is 9.60. The van der Waals surface area contributed by atoms with Gasteiger partial charge in [-0.05, 0) is 50.3 Å². The van der Waals surface area contributed by atoms with Crippen molar-refractivity contribution in [3.05, 3.63) is 34.9 Å². The number of carbonyl (C=O) groups is 1. The topological polar surface area (TPSA) is 81.1 Å². The number of aryl methyl sites for hydroxylation is 2. The van der Waals surface area contributed by atoms with E-state index in [2.05, 4.69) is 30.4 Å². The summed E-state index contributed by atoms with van der Waals surface area (Å²) in [6.07, 6.45) is 4.06. The minimum Gasteiger partial charge on any atom is -0.352 e. The lowest BCUT2D eigenvalue weighted by Crippen LogP contribution is -2.30. The van der Waals surface area contributed by atoms with Gasteiger partial charge in [-0.3, -0.25) is 0 Å². The molecule has 1 aromatic carbocycles. The van der Waals surface area contributed by atoms with Gasteiger partial charge in [0.2, 0.25) is 0 Å². The molecule has 0 unspecified atom stereocenters. The minimum absolute atomic E-state index is 0.467. The van der Waals surface area contributed by atoms with Crippen LogP contribution < -0.4 is 16.8 Å². The van der Waals surface area contributed by atoms with Crippen molar-refractivity contribution in [2.24, 2.45) is 11.5 Å². The number of nitrogens with one attached hydrogen (secondary N) is 1. The van der Waals surface area contributed by atoms with E-state index in [1.807, 2.05) is 13.8 Å². The lowest BCUT2D eigenvalue weighted by atomic mass is 10.0. The summed E-state index contributed by atoms with van der Waals surface area (Å²) in [5, 5.41) is 2.61. The molecule has 0 aliphatic heterocycles. The molecule has 5 N–H and O–H groups in total. The summed E-state index contributed by atoms with van der Waals surface area (Å²) in [6.45, 7) is 7.43. The van der Waals surface area contributed by atoms with E-state index in [-0.39, 0.29) is 0 Å². The Morgan fingerprint density at radius 2 is 1.70 bits per heavy atom. The minimum atomic E-state index is -0.467. The summed E-state index contributed by atoms with van der Waals surface area (Å²) in [6, 6.07) is 6.09. The maximum atomic E-state index is 10.6. The summed E-state index contributed by atoms with van der Waals surface area (Å²) < 4.78 is 0. The molecule has 0 saturated heterocycles. The van der Waals surface area contributed by atoms with Gasteiger partial charge in [-0.2, -0.15) is 0 Å². The average molecular weight is 279 g/mol. The first kappa shape index (κ1) is 18.4. The van der Waals surface area contributed by atoms with Crippen LogP contribution in [0.15, 0.2) is 18.2 Å². The molecule has 0 saturated carbocycles. The monoisotopic (exact) mass is 279 g/mol. The van der Waals surface area contributed by atoms with E-state index in [1.54, 1.807) is 0 Å². The number of amides is 2. The Balaban J connectivity index is 0.00000172. The van der Waals surface area contributed by atoms with Crippen molar-refractivity contribution in [3.63, 3.8) is 0 Å². The third-order valence-electron chi connectivity index (χ3n) is 2.83. The van der Waals surface area contributed by atoms with Gasteiger partial charge in [-0.25, -0.2) is 4.79 Å². The molecule has 0 atom stereocenters. The second-order valence-corrected chi connectivity index (χ2v) is 4.61. The third-order valence-corrected chi connectivity index (χ3v) is 2.83. The average Bonchev–Trinajstić information content (AvgIpc) is 2.40. The van der Waals surface area contributed by atoms with Crippen molar-refractivity contribution < 1.29 is 4.79 Å². The van der Waals surface area contributed by atoms with Gasteiger partial charge < -0.3 is 16.8 Å². The standard InChI is InChI=1S/C14H23N3O.C2H6/c1-11-8-12(4-2-3-6-15)10-13(9-11)5-7-17-14(16)18;1-2/h8-10H,2-7,15H2,1H3,(H3,16,17,18);1-2H3. The summed E-state index contributed by atoms with van der Waals surface area (Å²) >= 11 is 0. The van der Waals surface area contributed by atoms with Gasteiger partial charge in [0.05, 0.1) is 0 Å². The fourth-order valence-corrected chi connectivity index (χ4v) is 2.04. The van der Waals surface area contributed by atoms with Gasteiger partial charge in [0.1, 0.15) is 0 Å². The Morgan fingerprint density at radius 3 is 2.25 bits per heavy atom. The molecule has 1 aromatic rings. The fraction of sp³-hybridized carbons (Fsp3) is 0.562. The molecule has 0 aliphatic carbocycles. The lowest BCUT2D eigenvalue weighted by Gasteiger charge is -2.08. The first-order valence-corrected chi connectivity index (χ1v) is 7.44. The maximum absolute atomic E-state index is 10.6. The predicted octanol–water partition coefficient (Wildman–Crippen LogP) is 2.51. The number of carbonyl (C=O) groups excluding carboxylic acids is 1. The van der Waals surface area contributed by atoms with Crippen LogP contribution in [-0.4, -0.2) is 19.1 Å². The number of nitrogens with two attached hydrogens (primary N) is 2. The summed E-state index contributed by atoms with van der Waals surface area (Å²) in [5.41, 5.74) is 14.4. The van der Waals surface area contributed by atoms with Gasteiger partial charge in [-0.15, -0.1) is 0 Å². The maximum Gasteiger partial charge on any atom is 0.312 e. The Morgan fingerprint density at radius 1 is 1.10 bits per heavy atom. The molecule has 0 radical (unpaired) electrons. The van der Waals surface area contributed by atoms with Crippen molar-refractivity contribution in [1.82, 2.24) is 5.32 Å². The Hall–Kier alpha value is -1.55. The molecule has 114 valence electrons. The summed E-state index contributed by atoms with van der Waals surface area (Å²) in [5.74, 6) is 0.